The minimum absolute atomic E-state index is 0.0620. The Morgan fingerprint density at radius 2 is 1.68 bits per heavy atom. The summed E-state index contributed by atoms with van der Waals surface area (Å²) < 4.78 is 5.25. The zero-order chi connectivity index (χ0) is 28.1. The largest absolute Gasteiger partial charge is 0.481 e. The number of aliphatic carboxylic acids is 1. The van der Waals surface area contributed by atoms with Gasteiger partial charge in [-0.15, -0.1) is 0 Å². The summed E-state index contributed by atoms with van der Waals surface area (Å²) >= 11 is 0. The molecular formula is C22H34N4O11. The van der Waals surface area contributed by atoms with Crippen molar-refractivity contribution in [2.75, 3.05) is 19.7 Å². The maximum Gasteiger partial charge on any atom is 0.314 e. The lowest BCUT2D eigenvalue weighted by Crippen LogP contribution is -2.68. The molecule has 15 heteroatoms. The zero-order valence-corrected chi connectivity index (χ0v) is 20.8. The van der Waals surface area contributed by atoms with Crippen LogP contribution in [0.3, 0.4) is 0 Å². The van der Waals surface area contributed by atoms with E-state index in [4.69, 9.17) is 9.84 Å². The number of carbonyl (C=O) groups excluding carboxylic acids is 5. The minimum Gasteiger partial charge on any atom is -0.481 e. The van der Waals surface area contributed by atoms with Gasteiger partial charge in [0.2, 0.25) is 11.8 Å². The highest BCUT2D eigenvalue weighted by molar-refractivity contribution is 6.37. The molecule has 2 rings (SSSR count). The van der Waals surface area contributed by atoms with Crippen molar-refractivity contribution in [1.82, 2.24) is 20.9 Å². The van der Waals surface area contributed by atoms with E-state index >= 15 is 0 Å². The number of amides is 4. The van der Waals surface area contributed by atoms with Gasteiger partial charge in [0.05, 0.1) is 17.9 Å². The number of hydrogen-bond donors (Lipinski definition) is 7. The first kappa shape index (κ1) is 29.9. The predicted octanol–water partition coefficient (Wildman–Crippen LogP) is -3.57. The van der Waals surface area contributed by atoms with Crippen LogP contribution >= 0.6 is 0 Å². The minimum atomic E-state index is -1.70. The van der Waals surface area contributed by atoms with Crippen LogP contribution in [0.4, 0.5) is 0 Å². The van der Waals surface area contributed by atoms with Crippen LogP contribution in [-0.2, 0) is 33.5 Å². The summed E-state index contributed by atoms with van der Waals surface area (Å²) in [4.78, 5) is 71.9. The van der Waals surface area contributed by atoms with Gasteiger partial charge < -0.3 is 46.0 Å². The molecule has 0 bridgehead atoms. The molecule has 0 aromatic carbocycles. The number of rotatable bonds is 12. The van der Waals surface area contributed by atoms with E-state index in [1.165, 1.54) is 20.8 Å². The summed E-state index contributed by atoms with van der Waals surface area (Å²) in [6.45, 7) is 4.16. The fraction of sp³-hybridized carbons (Fsp3) is 0.727. The van der Waals surface area contributed by atoms with Gasteiger partial charge in [-0.1, -0.05) is 6.92 Å². The molecule has 1 unspecified atom stereocenters. The number of esters is 1. The molecule has 4 amide bonds. The number of carboxylic acid groups (broad SMARTS) is 1. The van der Waals surface area contributed by atoms with Crippen molar-refractivity contribution in [2.24, 2.45) is 11.3 Å². The van der Waals surface area contributed by atoms with Crippen LogP contribution in [0.15, 0.2) is 0 Å². The van der Waals surface area contributed by atoms with Crippen molar-refractivity contribution in [1.29, 1.82) is 0 Å². The Kier molecular flexibility index (Phi) is 9.94. The molecule has 2 saturated heterocycles. The molecule has 0 aromatic rings. The van der Waals surface area contributed by atoms with Crippen LogP contribution < -0.4 is 16.0 Å². The van der Waals surface area contributed by atoms with Gasteiger partial charge in [0.1, 0.15) is 31.1 Å². The third-order valence-electron chi connectivity index (χ3n) is 6.37. The fourth-order valence-electron chi connectivity index (χ4n) is 3.97. The Morgan fingerprint density at radius 3 is 2.30 bits per heavy atom. The van der Waals surface area contributed by atoms with E-state index in [2.05, 4.69) is 16.0 Å². The second kappa shape index (κ2) is 12.3. The summed E-state index contributed by atoms with van der Waals surface area (Å²) in [6, 6.07) is -1.29. The van der Waals surface area contributed by atoms with Crippen LogP contribution in [0.2, 0.25) is 0 Å². The summed E-state index contributed by atoms with van der Waals surface area (Å²) in [5.74, 6) is -5.48. The smallest absolute Gasteiger partial charge is 0.314 e. The number of aliphatic hydroxyl groups is 3. The van der Waals surface area contributed by atoms with E-state index in [9.17, 15) is 44.1 Å². The second-order valence-electron chi connectivity index (χ2n) is 9.79. The summed E-state index contributed by atoms with van der Waals surface area (Å²) in [5.41, 5.74) is -1.15. The Hall–Kier alpha value is -3.30. The lowest BCUT2D eigenvalue weighted by molar-refractivity contribution is -0.184. The Labute approximate surface area is 212 Å². The molecule has 37 heavy (non-hydrogen) atoms. The Balaban J connectivity index is 1.79. The van der Waals surface area contributed by atoms with Crippen molar-refractivity contribution in [3.8, 4) is 0 Å². The van der Waals surface area contributed by atoms with E-state index in [0.717, 1.165) is 4.90 Å². The van der Waals surface area contributed by atoms with Gasteiger partial charge in [-0.2, -0.15) is 0 Å². The SMILES string of the molecule is CC(CC(=O)O)C(=O)NCCNC(=O)CCC(C)(C)C(=O)OC[C@@H]1[C@@H](O)[C@H](O)[C@H](O)[C@H]2NC(=O)C(=O)N12. The van der Waals surface area contributed by atoms with Crippen molar-refractivity contribution in [3.05, 3.63) is 0 Å². The number of hydrogen-bond acceptors (Lipinski definition) is 10. The van der Waals surface area contributed by atoms with Crippen LogP contribution in [-0.4, -0.2) is 111 Å². The third-order valence-corrected chi connectivity index (χ3v) is 6.37. The molecule has 0 aliphatic carbocycles. The number of carbonyl (C=O) groups is 6. The van der Waals surface area contributed by atoms with E-state index < -0.39 is 84.0 Å². The topological polar surface area (TPSA) is 232 Å². The average molecular weight is 531 g/mol. The van der Waals surface area contributed by atoms with E-state index in [0.29, 0.717) is 0 Å². The molecule has 7 N–H and O–H groups in total. The van der Waals surface area contributed by atoms with Crippen LogP contribution in [0.1, 0.15) is 40.0 Å². The number of piperidine rings is 1. The monoisotopic (exact) mass is 530 g/mol. The van der Waals surface area contributed by atoms with Gasteiger partial charge >= 0.3 is 23.8 Å². The van der Waals surface area contributed by atoms with Gasteiger partial charge in [-0.05, 0) is 20.3 Å². The third kappa shape index (κ3) is 7.36. The molecular weight excluding hydrogens is 496 g/mol. The molecule has 6 atom stereocenters. The highest BCUT2D eigenvalue weighted by Gasteiger charge is 2.55. The number of nitrogens with one attached hydrogen (secondary N) is 3. The van der Waals surface area contributed by atoms with E-state index in [-0.39, 0.29) is 32.4 Å². The Bertz CT molecular complexity index is 924. The number of nitrogens with zero attached hydrogens (tertiary/aromatic N) is 1. The summed E-state index contributed by atoms with van der Waals surface area (Å²) in [7, 11) is 0. The molecule has 2 aliphatic rings. The first-order valence-electron chi connectivity index (χ1n) is 11.8. The number of carboxylic acids is 1. The highest BCUT2D eigenvalue weighted by Crippen LogP contribution is 2.29. The molecule has 0 aromatic heterocycles. The maximum absolute atomic E-state index is 12.7. The molecule has 15 nitrogen and oxygen atoms in total. The van der Waals surface area contributed by atoms with Crippen molar-refractivity contribution in [3.63, 3.8) is 0 Å². The van der Waals surface area contributed by atoms with Gasteiger partial charge in [-0.25, -0.2) is 0 Å². The van der Waals surface area contributed by atoms with Crippen molar-refractivity contribution in [2.45, 2.75) is 70.6 Å². The molecule has 2 aliphatic heterocycles. The first-order valence-corrected chi connectivity index (χ1v) is 11.8. The standard InChI is InChI=1S/C22H34N4O11/c1-10(8-13(28)29)18(33)24-7-6-23-12(27)4-5-22(2,3)21(36)37-9-11-14(30)15(31)16(32)17-25-19(34)20(35)26(11)17/h10-11,14-17,30-32H,4-9H2,1-3H3,(H,23,27)(H,24,33)(H,25,34)(H,28,29)/t10?,11-,14-,15+,16+,17+/m1/s1. The van der Waals surface area contributed by atoms with Gasteiger partial charge in [-0.3, -0.25) is 28.8 Å². The quantitative estimate of drug-likeness (QED) is 0.0741. The van der Waals surface area contributed by atoms with Crippen LogP contribution in [0, 0.1) is 11.3 Å². The Morgan fingerprint density at radius 1 is 1.05 bits per heavy atom. The van der Waals surface area contributed by atoms with Crippen LogP contribution in [0.25, 0.3) is 0 Å². The molecule has 2 heterocycles. The van der Waals surface area contributed by atoms with Crippen molar-refractivity contribution >= 4 is 35.6 Å². The molecule has 0 saturated carbocycles. The summed E-state index contributed by atoms with van der Waals surface area (Å²) in [6.07, 6.45) is -6.59. The normalized spacial score (nSPS) is 26.1. The molecule has 208 valence electrons. The predicted molar refractivity (Wildman–Crippen MR) is 122 cm³/mol. The van der Waals surface area contributed by atoms with Gasteiger partial charge in [0, 0.05) is 25.4 Å². The fourth-order valence-corrected chi connectivity index (χ4v) is 3.97. The first-order chi connectivity index (χ1) is 17.2. The van der Waals surface area contributed by atoms with Crippen LogP contribution in [0.5, 0.6) is 0 Å². The molecule has 2 fully saturated rings. The van der Waals surface area contributed by atoms with E-state index in [1.807, 2.05) is 0 Å². The number of ether oxygens (including phenoxy) is 1. The van der Waals surface area contributed by atoms with Gasteiger partial charge in [0.15, 0.2) is 0 Å². The average Bonchev–Trinajstić information content (AvgIpc) is 3.12. The number of aliphatic hydroxyl groups excluding tert-OH is 3. The summed E-state index contributed by atoms with van der Waals surface area (Å²) in [5, 5.41) is 46.4. The molecule has 0 spiro atoms. The van der Waals surface area contributed by atoms with Gasteiger partial charge in [0.25, 0.3) is 0 Å². The lowest BCUT2D eigenvalue weighted by atomic mass is 9.87. The van der Waals surface area contributed by atoms with Crippen molar-refractivity contribution < 1.29 is 53.9 Å². The zero-order valence-electron chi connectivity index (χ0n) is 20.8. The lowest BCUT2D eigenvalue weighted by Gasteiger charge is -2.44. The van der Waals surface area contributed by atoms with E-state index in [1.54, 1.807) is 0 Å². The maximum atomic E-state index is 12.7. The highest BCUT2D eigenvalue weighted by atomic mass is 16.5. The number of fused-ring (bicyclic) bond motifs is 1. The second-order valence-corrected chi connectivity index (χ2v) is 9.79. The molecule has 0 radical (unpaired) electrons.